The third kappa shape index (κ3) is 4.25. The van der Waals surface area contributed by atoms with Crippen molar-refractivity contribution in [3.05, 3.63) is 50.4 Å². The lowest BCUT2D eigenvalue weighted by atomic mass is 9.93. The molecule has 0 amide bonds. The average molecular weight is 352 g/mol. The fraction of sp³-hybridized carbons (Fsp3) is 0.375. The summed E-state index contributed by atoms with van der Waals surface area (Å²) in [6.45, 7) is 6.40. The van der Waals surface area contributed by atoms with E-state index in [9.17, 15) is 4.79 Å². The number of halogens is 1. The number of hydrogen-bond acceptors (Lipinski definition) is 3. The molecule has 1 aromatic carbocycles. The Balaban J connectivity index is 1.98. The normalized spacial score (nSPS) is 11.6. The van der Waals surface area contributed by atoms with Gasteiger partial charge in [-0.05, 0) is 17.7 Å². The summed E-state index contributed by atoms with van der Waals surface area (Å²) in [5.74, 6) is 0.210. The van der Waals surface area contributed by atoms with E-state index in [1.165, 1.54) is 0 Å². The first-order valence-corrected chi connectivity index (χ1v) is 8.23. The van der Waals surface area contributed by atoms with Crippen LogP contribution < -0.4 is 0 Å². The summed E-state index contributed by atoms with van der Waals surface area (Å²) in [5, 5.41) is 2.97. The SMILES string of the molecule is CC(C)(C)c1csc(CC(=O)Cc2ccc(Br)cc2)n1. The van der Waals surface area contributed by atoms with Crippen LogP contribution in [0, 0.1) is 0 Å². The van der Waals surface area contributed by atoms with Gasteiger partial charge in [0.1, 0.15) is 10.8 Å². The molecule has 0 atom stereocenters. The first-order valence-electron chi connectivity index (χ1n) is 6.55. The van der Waals surface area contributed by atoms with E-state index in [1.807, 2.05) is 24.3 Å². The minimum absolute atomic E-state index is 0.0451. The Morgan fingerprint density at radius 1 is 1.20 bits per heavy atom. The van der Waals surface area contributed by atoms with Gasteiger partial charge in [0.2, 0.25) is 0 Å². The molecule has 0 aliphatic rings. The van der Waals surface area contributed by atoms with Crippen LogP contribution in [0.15, 0.2) is 34.1 Å². The maximum absolute atomic E-state index is 12.1. The van der Waals surface area contributed by atoms with E-state index in [-0.39, 0.29) is 11.2 Å². The number of rotatable bonds is 4. The van der Waals surface area contributed by atoms with Crippen LogP contribution in [0.5, 0.6) is 0 Å². The summed E-state index contributed by atoms with van der Waals surface area (Å²) < 4.78 is 1.03. The predicted molar refractivity (Wildman–Crippen MR) is 87.4 cm³/mol. The molecule has 0 bridgehead atoms. The fourth-order valence-corrected chi connectivity index (χ4v) is 3.11. The van der Waals surface area contributed by atoms with Crippen LogP contribution in [-0.4, -0.2) is 10.8 Å². The topological polar surface area (TPSA) is 30.0 Å². The molecular formula is C16H18BrNOS. The lowest BCUT2D eigenvalue weighted by molar-refractivity contribution is -0.117. The van der Waals surface area contributed by atoms with Gasteiger partial charge in [-0.25, -0.2) is 4.98 Å². The summed E-state index contributed by atoms with van der Waals surface area (Å²) in [6.07, 6.45) is 0.897. The number of hydrogen-bond donors (Lipinski definition) is 0. The van der Waals surface area contributed by atoms with Crippen molar-refractivity contribution in [2.75, 3.05) is 0 Å². The summed E-state index contributed by atoms with van der Waals surface area (Å²) in [5.41, 5.74) is 2.16. The summed E-state index contributed by atoms with van der Waals surface area (Å²) in [7, 11) is 0. The molecule has 1 heterocycles. The van der Waals surface area contributed by atoms with Crippen molar-refractivity contribution in [3.8, 4) is 0 Å². The molecular weight excluding hydrogens is 334 g/mol. The van der Waals surface area contributed by atoms with E-state index in [4.69, 9.17) is 0 Å². The van der Waals surface area contributed by atoms with Gasteiger partial charge < -0.3 is 0 Å². The first kappa shape index (κ1) is 15.4. The molecule has 2 aromatic rings. The number of carbonyl (C=O) groups is 1. The molecule has 0 N–H and O–H groups in total. The van der Waals surface area contributed by atoms with Crippen molar-refractivity contribution in [2.45, 2.75) is 39.0 Å². The lowest BCUT2D eigenvalue weighted by Gasteiger charge is -2.14. The zero-order valence-corrected chi connectivity index (χ0v) is 14.3. The zero-order valence-electron chi connectivity index (χ0n) is 11.9. The van der Waals surface area contributed by atoms with Gasteiger partial charge in [0.05, 0.1) is 12.1 Å². The average Bonchev–Trinajstić information content (AvgIpc) is 2.80. The molecule has 0 fully saturated rings. The molecule has 0 radical (unpaired) electrons. The van der Waals surface area contributed by atoms with Crippen LogP contribution in [-0.2, 0) is 23.1 Å². The highest BCUT2D eigenvalue weighted by Crippen LogP contribution is 2.24. The number of ketones is 1. The monoisotopic (exact) mass is 351 g/mol. The molecule has 106 valence electrons. The molecule has 1 aromatic heterocycles. The fourth-order valence-electron chi connectivity index (χ4n) is 1.80. The molecule has 4 heteroatoms. The van der Waals surface area contributed by atoms with E-state index in [2.05, 4.69) is 47.1 Å². The Labute approximate surface area is 132 Å². The van der Waals surface area contributed by atoms with Crippen molar-refractivity contribution < 1.29 is 4.79 Å². The van der Waals surface area contributed by atoms with Crippen LogP contribution in [0.4, 0.5) is 0 Å². The van der Waals surface area contributed by atoms with Crippen molar-refractivity contribution in [2.24, 2.45) is 0 Å². The number of carbonyl (C=O) groups excluding carboxylic acids is 1. The van der Waals surface area contributed by atoms with Gasteiger partial charge in [-0.3, -0.25) is 4.79 Å². The smallest absolute Gasteiger partial charge is 0.144 e. The molecule has 0 aliphatic carbocycles. The van der Waals surface area contributed by atoms with Crippen LogP contribution in [0.2, 0.25) is 0 Å². The maximum Gasteiger partial charge on any atom is 0.144 e. The molecule has 0 spiro atoms. The van der Waals surface area contributed by atoms with Crippen molar-refractivity contribution in [3.63, 3.8) is 0 Å². The van der Waals surface area contributed by atoms with Crippen molar-refractivity contribution in [1.82, 2.24) is 4.98 Å². The van der Waals surface area contributed by atoms with Gasteiger partial charge in [-0.2, -0.15) is 0 Å². The molecule has 0 saturated carbocycles. The third-order valence-corrected chi connectivity index (χ3v) is 4.36. The van der Waals surface area contributed by atoms with Crippen LogP contribution in [0.25, 0.3) is 0 Å². The third-order valence-electron chi connectivity index (χ3n) is 2.98. The second-order valence-electron chi connectivity index (χ2n) is 5.90. The number of aromatic nitrogens is 1. The van der Waals surface area contributed by atoms with E-state index >= 15 is 0 Å². The number of Topliss-reactive ketones (excluding diaryl/α,β-unsaturated/α-hetero) is 1. The Hall–Kier alpha value is -1.00. The standard InChI is InChI=1S/C16H18BrNOS/c1-16(2,3)14-10-20-15(18-14)9-13(19)8-11-4-6-12(17)7-5-11/h4-7,10H,8-9H2,1-3H3. The molecule has 2 rings (SSSR count). The summed E-state index contributed by atoms with van der Waals surface area (Å²) in [6, 6.07) is 7.88. The molecule has 0 saturated heterocycles. The van der Waals surface area contributed by atoms with E-state index < -0.39 is 0 Å². The molecule has 20 heavy (non-hydrogen) atoms. The maximum atomic E-state index is 12.1. The number of nitrogens with zero attached hydrogens (tertiary/aromatic N) is 1. The number of benzene rings is 1. The first-order chi connectivity index (χ1) is 9.34. The van der Waals surface area contributed by atoms with Gasteiger partial charge in [0.25, 0.3) is 0 Å². The minimum atomic E-state index is 0.0451. The van der Waals surface area contributed by atoms with Gasteiger partial charge >= 0.3 is 0 Å². The highest BCUT2D eigenvalue weighted by Gasteiger charge is 2.18. The van der Waals surface area contributed by atoms with E-state index in [0.29, 0.717) is 12.8 Å². The predicted octanol–water partition coefficient (Wildman–Crippen LogP) is 4.56. The quantitative estimate of drug-likeness (QED) is 0.808. The van der Waals surface area contributed by atoms with Crippen LogP contribution in [0.1, 0.15) is 37.0 Å². The second-order valence-corrected chi connectivity index (χ2v) is 7.75. The Bertz CT molecular complexity index is 596. The molecule has 2 nitrogen and oxygen atoms in total. The van der Waals surface area contributed by atoms with E-state index in [1.54, 1.807) is 11.3 Å². The van der Waals surface area contributed by atoms with E-state index in [0.717, 1.165) is 20.7 Å². The van der Waals surface area contributed by atoms with Gasteiger partial charge in [-0.15, -0.1) is 11.3 Å². The highest BCUT2D eigenvalue weighted by atomic mass is 79.9. The van der Waals surface area contributed by atoms with Gasteiger partial charge in [-0.1, -0.05) is 48.8 Å². The van der Waals surface area contributed by atoms with Crippen LogP contribution >= 0.6 is 27.3 Å². The van der Waals surface area contributed by atoms with Crippen molar-refractivity contribution in [1.29, 1.82) is 0 Å². The van der Waals surface area contributed by atoms with Gasteiger partial charge in [0.15, 0.2) is 0 Å². The Morgan fingerprint density at radius 3 is 2.40 bits per heavy atom. The highest BCUT2D eigenvalue weighted by molar-refractivity contribution is 9.10. The molecule has 0 unspecified atom stereocenters. The van der Waals surface area contributed by atoms with Crippen LogP contribution in [0.3, 0.4) is 0 Å². The summed E-state index contributed by atoms with van der Waals surface area (Å²) >= 11 is 4.97. The minimum Gasteiger partial charge on any atom is -0.299 e. The summed E-state index contributed by atoms with van der Waals surface area (Å²) in [4.78, 5) is 16.6. The zero-order chi connectivity index (χ0) is 14.8. The lowest BCUT2D eigenvalue weighted by Crippen LogP contribution is -2.12. The second kappa shape index (κ2) is 6.19. The number of thiazole rings is 1. The Morgan fingerprint density at radius 2 is 1.85 bits per heavy atom. The largest absolute Gasteiger partial charge is 0.299 e. The van der Waals surface area contributed by atoms with Crippen molar-refractivity contribution >= 4 is 33.0 Å². The Kier molecular flexibility index (Phi) is 4.76. The van der Waals surface area contributed by atoms with Gasteiger partial charge in [0, 0.05) is 21.7 Å². The molecule has 0 aliphatic heterocycles.